The summed E-state index contributed by atoms with van der Waals surface area (Å²) in [6.07, 6.45) is 1.10. The van der Waals surface area contributed by atoms with Crippen LogP contribution in [-0.4, -0.2) is 37.5 Å². The molecular formula is C23H22Cl2N4O4S. The van der Waals surface area contributed by atoms with Crippen LogP contribution in [0.2, 0.25) is 10.0 Å². The van der Waals surface area contributed by atoms with Crippen LogP contribution in [0.5, 0.6) is 0 Å². The molecule has 2 aliphatic rings. The molecule has 0 aromatic heterocycles. The number of hydrogen-bond donors (Lipinski definition) is 2. The molecule has 1 aliphatic heterocycles. The Balaban J connectivity index is 1.67. The van der Waals surface area contributed by atoms with Crippen molar-refractivity contribution in [3.63, 3.8) is 0 Å². The van der Waals surface area contributed by atoms with Crippen molar-refractivity contribution in [3.8, 4) is 6.07 Å². The minimum absolute atomic E-state index is 0.0464. The lowest BCUT2D eigenvalue weighted by molar-refractivity contribution is -0.927. The molecule has 0 bridgehead atoms. The van der Waals surface area contributed by atoms with Crippen molar-refractivity contribution in [2.45, 2.75) is 42.3 Å². The van der Waals surface area contributed by atoms with Gasteiger partial charge in [0.25, 0.3) is 0 Å². The Hall–Kier alpha value is -2.45. The molecule has 1 heterocycles. The van der Waals surface area contributed by atoms with E-state index in [-0.39, 0.29) is 21.4 Å². The van der Waals surface area contributed by atoms with Crippen molar-refractivity contribution >= 4 is 38.9 Å². The number of hydroxylamine groups is 1. The maximum atomic E-state index is 13.5. The highest BCUT2D eigenvalue weighted by Gasteiger charge is 2.49. The number of benzene rings is 2. The van der Waals surface area contributed by atoms with Gasteiger partial charge in [0, 0.05) is 11.1 Å². The number of nitrogens with one attached hydrogen (secondary N) is 2. The number of sulfone groups is 1. The monoisotopic (exact) mass is 520 g/mol. The van der Waals surface area contributed by atoms with Gasteiger partial charge in [-0.2, -0.15) is 5.26 Å². The number of amides is 1. The average Bonchev–Trinajstić information content (AvgIpc) is 3.43. The fraction of sp³-hybridized carbons (Fsp3) is 0.304. The number of nitrogens with zero attached hydrogens (tertiary/aromatic N) is 2. The van der Waals surface area contributed by atoms with Crippen LogP contribution in [0.3, 0.4) is 0 Å². The van der Waals surface area contributed by atoms with Crippen LogP contribution in [0, 0.1) is 16.5 Å². The third-order valence-electron chi connectivity index (χ3n) is 6.10. The normalized spacial score (nSPS) is 20.9. The fourth-order valence-electron chi connectivity index (χ4n) is 3.84. The van der Waals surface area contributed by atoms with Crippen molar-refractivity contribution in [2.75, 3.05) is 6.54 Å². The summed E-state index contributed by atoms with van der Waals surface area (Å²) in [6.45, 7) is 1.39. The largest absolute Gasteiger partial charge is 0.611 e. The number of carbonyl (C=O) groups excluding carboxylic acids is 1. The summed E-state index contributed by atoms with van der Waals surface area (Å²) in [5.74, 6) is -1.08. The summed E-state index contributed by atoms with van der Waals surface area (Å²) in [7, 11) is -4.06. The number of rotatable bonds is 7. The third kappa shape index (κ3) is 4.70. The summed E-state index contributed by atoms with van der Waals surface area (Å²) in [5.41, 5.74) is 2.38. The first-order valence-electron chi connectivity index (χ1n) is 10.6. The zero-order valence-corrected chi connectivity index (χ0v) is 20.5. The topological polar surface area (TPSA) is 118 Å². The van der Waals surface area contributed by atoms with E-state index in [1.807, 2.05) is 0 Å². The van der Waals surface area contributed by atoms with E-state index < -0.39 is 38.5 Å². The lowest BCUT2D eigenvalue weighted by Crippen LogP contribution is -3.20. The van der Waals surface area contributed by atoms with Gasteiger partial charge in [0.15, 0.2) is 5.54 Å². The summed E-state index contributed by atoms with van der Waals surface area (Å²) >= 11 is 12.1. The second-order valence-electron chi connectivity index (χ2n) is 8.43. The lowest BCUT2D eigenvalue weighted by Gasteiger charge is -2.35. The van der Waals surface area contributed by atoms with Gasteiger partial charge >= 0.3 is 0 Å². The quantitative estimate of drug-likeness (QED) is 0.541. The standard InChI is InChI=1S/C23H22Cl2N4O4S/c1-15(16-6-8-17(24)9-7-16)22(30)28-13-18(34(32,33)20-5-3-2-4-19(20)25)12-21(28)29(31)27-23(14-26)10-11-23/h2-9,12,15,21,27,29H,10-11,13H2,1H3/t15-,21-/m1/s1. The van der Waals surface area contributed by atoms with Crippen LogP contribution < -0.4 is 10.6 Å². The van der Waals surface area contributed by atoms with Gasteiger partial charge in [0.2, 0.25) is 21.9 Å². The lowest BCUT2D eigenvalue weighted by atomic mass is 10.00. The molecule has 1 fully saturated rings. The van der Waals surface area contributed by atoms with Gasteiger partial charge in [0.05, 0.1) is 33.4 Å². The number of hydrogen-bond acceptors (Lipinski definition) is 6. The smallest absolute Gasteiger partial charge is 0.234 e. The molecule has 34 heavy (non-hydrogen) atoms. The molecule has 2 N–H and O–H groups in total. The molecule has 11 heteroatoms. The predicted octanol–water partition coefficient (Wildman–Crippen LogP) is 2.57. The molecule has 8 nitrogen and oxygen atoms in total. The first kappa shape index (κ1) is 24.7. The van der Waals surface area contributed by atoms with Crippen LogP contribution >= 0.6 is 23.2 Å². The van der Waals surface area contributed by atoms with Crippen LogP contribution in [0.1, 0.15) is 31.2 Å². The number of halogens is 2. The van der Waals surface area contributed by atoms with Gasteiger partial charge in [-0.15, -0.1) is 5.43 Å². The Bertz CT molecular complexity index is 1290. The van der Waals surface area contributed by atoms with Crippen LogP contribution in [0.15, 0.2) is 64.4 Å². The van der Waals surface area contributed by atoms with Gasteiger partial charge in [-0.05, 0) is 49.6 Å². The second kappa shape index (κ2) is 9.30. The minimum Gasteiger partial charge on any atom is -0.611 e. The molecule has 4 rings (SSSR count). The van der Waals surface area contributed by atoms with Crippen molar-refractivity contribution in [1.82, 2.24) is 10.3 Å². The number of quaternary nitrogens is 1. The van der Waals surface area contributed by atoms with E-state index in [0.717, 1.165) is 0 Å². The van der Waals surface area contributed by atoms with Crippen molar-refractivity contribution in [1.29, 1.82) is 5.26 Å². The molecule has 1 saturated carbocycles. The summed E-state index contributed by atoms with van der Waals surface area (Å²) < 4.78 is 26.7. The Morgan fingerprint density at radius 2 is 1.88 bits per heavy atom. The zero-order chi connectivity index (χ0) is 24.7. The second-order valence-corrected chi connectivity index (χ2v) is 11.2. The summed E-state index contributed by atoms with van der Waals surface area (Å²) in [5, 5.41) is 22.4. The van der Waals surface area contributed by atoms with E-state index in [2.05, 4.69) is 11.5 Å². The van der Waals surface area contributed by atoms with Crippen molar-refractivity contribution < 1.29 is 18.4 Å². The Kier molecular flexibility index (Phi) is 6.75. The van der Waals surface area contributed by atoms with Gasteiger partial charge in [-0.1, -0.05) is 47.5 Å². The van der Waals surface area contributed by atoms with Crippen LogP contribution in [0.4, 0.5) is 0 Å². The molecule has 178 valence electrons. The molecule has 1 amide bonds. The first-order chi connectivity index (χ1) is 16.1. The highest BCUT2D eigenvalue weighted by molar-refractivity contribution is 7.95. The van der Waals surface area contributed by atoms with Gasteiger partial charge in [-0.3, -0.25) is 14.9 Å². The molecule has 2 aromatic carbocycles. The fourth-order valence-corrected chi connectivity index (χ4v) is 5.89. The van der Waals surface area contributed by atoms with Gasteiger partial charge < -0.3 is 5.21 Å². The van der Waals surface area contributed by atoms with Crippen LogP contribution in [-0.2, 0) is 14.6 Å². The molecule has 1 unspecified atom stereocenters. The van der Waals surface area contributed by atoms with E-state index in [9.17, 15) is 23.7 Å². The first-order valence-corrected chi connectivity index (χ1v) is 12.8. The average molecular weight is 521 g/mol. The Morgan fingerprint density at radius 1 is 1.24 bits per heavy atom. The van der Waals surface area contributed by atoms with E-state index in [4.69, 9.17) is 23.2 Å². The number of carbonyl (C=O) groups is 1. The van der Waals surface area contributed by atoms with Gasteiger partial charge in [0.1, 0.15) is 0 Å². The predicted molar refractivity (Wildman–Crippen MR) is 127 cm³/mol. The summed E-state index contributed by atoms with van der Waals surface area (Å²) in [4.78, 5) is 14.5. The zero-order valence-electron chi connectivity index (χ0n) is 18.2. The number of nitriles is 1. The van der Waals surface area contributed by atoms with Crippen molar-refractivity contribution in [2.24, 2.45) is 0 Å². The Morgan fingerprint density at radius 3 is 2.47 bits per heavy atom. The van der Waals surface area contributed by atoms with Crippen LogP contribution in [0.25, 0.3) is 0 Å². The third-order valence-corrected chi connectivity index (χ3v) is 8.68. The molecule has 0 radical (unpaired) electrons. The van der Waals surface area contributed by atoms with Crippen molar-refractivity contribution in [3.05, 3.63) is 80.3 Å². The molecule has 2 aromatic rings. The SMILES string of the molecule is C[C@@H](C(=O)N1CC(S(=O)(=O)c2ccccc2Cl)=C[C@H]1[NH+]([O-])NC1(C#N)CC1)c1ccc(Cl)cc1. The highest BCUT2D eigenvalue weighted by Crippen LogP contribution is 2.34. The van der Waals surface area contributed by atoms with Gasteiger partial charge in [-0.25, -0.2) is 8.42 Å². The van der Waals surface area contributed by atoms with E-state index >= 15 is 0 Å². The Labute approximate surface area is 207 Å². The molecule has 0 saturated heterocycles. The molecule has 1 aliphatic carbocycles. The minimum atomic E-state index is -4.06. The van der Waals surface area contributed by atoms with E-state index in [1.54, 1.807) is 43.3 Å². The summed E-state index contributed by atoms with van der Waals surface area (Å²) in [6, 6.07) is 14.8. The molecule has 0 spiro atoms. The maximum absolute atomic E-state index is 13.5. The highest BCUT2D eigenvalue weighted by atomic mass is 35.5. The van der Waals surface area contributed by atoms with E-state index in [1.165, 1.54) is 23.1 Å². The van der Waals surface area contributed by atoms with E-state index in [0.29, 0.717) is 23.4 Å². The molecular weight excluding hydrogens is 499 g/mol. The molecule has 3 atom stereocenters. The maximum Gasteiger partial charge on any atom is 0.234 e.